The van der Waals surface area contributed by atoms with Crippen LogP contribution in [-0.4, -0.2) is 34.9 Å². The lowest BCUT2D eigenvalue weighted by Gasteiger charge is -2.41. The van der Waals surface area contributed by atoms with Gasteiger partial charge in [0.2, 0.25) is 5.91 Å². The zero-order valence-corrected chi connectivity index (χ0v) is 12.6. The number of nitrogens with one attached hydrogen (secondary N) is 1. The Morgan fingerprint density at radius 3 is 3.05 bits per heavy atom. The summed E-state index contributed by atoms with van der Waals surface area (Å²) in [5.41, 5.74) is 0.831. The summed E-state index contributed by atoms with van der Waals surface area (Å²) in [6, 6.07) is 3.84. The van der Waals surface area contributed by atoms with E-state index < -0.39 is 0 Å². The second kappa shape index (κ2) is 5.88. The lowest BCUT2D eigenvalue weighted by atomic mass is 9.85. The van der Waals surface area contributed by atoms with Crippen LogP contribution < -0.4 is 5.32 Å². The van der Waals surface area contributed by atoms with E-state index in [0.29, 0.717) is 28.6 Å². The maximum absolute atomic E-state index is 11.4. The molecule has 0 saturated carbocycles. The van der Waals surface area contributed by atoms with Crippen molar-refractivity contribution in [2.24, 2.45) is 5.92 Å². The predicted octanol–water partition coefficient (Wildman–Crippen LogP) is 2.49. The van der Waals surface area contributed by atoms with Crippen LogP contribution in [-0.2, 0) is 11.3 Å². The topological polar surface area (TPSA) is 45.2 Å². The molecule has 108 valence electrons. The summed E-state index contributed by atoms with van der Waals surface area (Å²) in [7, 11) is 0. The number of amides is 1. The van der Waals surface area contributed by atoms with E-state index in [1.54, 1.807) is 12.1 Å². The molecule has 1 aromatic heterocycles. The fourth-order valence-electron chi connectivity index (χ4n) is 3.11. The monoisotopic (exact) mass is 313 g/mol. The molecule has 2 aliphatic heterocycles. The fraction of sp³-hybridized carbons (Fsp3) is 0.571. The molecule has 2 unspecified atom stereocenters. The van der Waals surface area contributed by atoms with Crippen molar-refractivity contribution in [1.29, 1.82) is 0 Å². The van der Waals surface area contributed by atoms with E-state index >= 15 is 0 Å². The summed E-state index contributed by atoms with van der Waals surface area (Å²) in [5.74, 6) is 0.735. The number of piperidine rings is 2. The third-order valence-electron chi connectivity index (χ3n) is 4.16. The highest BCUT2D eigenvalue weighted by atomic mass is 35.5. The van der Waals surface area contributed by atoms with Gasteiger partial charge in [-0.15, -0.1) is 0 Å². The van der Waals surface area contributed by atoms with Crippen molar-refractivity contribution in [3.63, 3.8) is 0 Å². The van der Waals surface area contributed by atoms with E-state index in [4.69, 9.17) is 23.2 Å². The van der Waals surface area contributed by atoms with Crippen molar-refractivity contribution in [1.82, 2.24) is 15.2 Å². The zero-order chi connectivity index (χ0) is 14.1. The molecule has 2 saturated heterocycles. The van der Waals surface area contributed by atoms with Gasteiger partial charge in [0, 0.05) is 32.1 Å². The predicted molar refractivity (Wildman–Crippen MR) is 78.8 cm³/mol. The Labute approximate surface area is 128 Å². The molecule has 0 spiro atoms. The Morgan fingerprint density at radius 1 is 1.35 bits per heavy atom. The number of hydrogen-bond acceptors (Lipinski definition) is 3. The number of aromatic nitrogens is 1. The molecule has 3 rings (SSSR count). The highest BCUT2D eigenvalue weighted by molar-refractivity contribution is 6.32. The van der Waals surface area contributed by atoms with Crippen molar-refractivity contribution < 1.29 is 4.79 Å². The number of carbonyl (C=O) groups is 1. The molecule has 0 radical (unpaired) electrons. The largest absolute Gasteiger partial charge is 0.353 e. The van der Waals surface area contributed by atoms with Crippen LogP contribution in [0.5, 0.6) is 0 Å². The van der Waals surface area contributed by atoms with Crippen LogP contribution in [0.15, 0.2) is 12.1 Å². The van der Waals surface area contributed by atoms with Gasteiger partial charge in [-0.25, -0.2) is 4.98 Å². The van der Waals surface area contributed by atoms with E-state index in [9.17, 15) is 4.79 Å². The van der Waals surface area contributed by atoms with Gasteiger partial charge in [-0.05, 0) is 30.9 Å². The van der Waals surface area contributed by atoms with Gasteiger partial charge in [0.1, 0.15) is 5.15 Å². The molecule has 2 fully saturated rings. The second-order valence-electron chi connectivity index (χ2n) is 5.56. The van der Waals surface area contributed by atoms with Gasteiger partial charge in [0.25, 0.3) is 0 Å². The van der Waals surface area contributed by atoms with Gasteiger partial charge in [-0.3, -0.25) is 9.69 Å². The van der Waals surface area contributed by atoms with Crippen LogP contribution in [0.1, 0.15) is 25.0 Å². The molecule has 2 aliphatic rings. The summed E-state index contributed by atoms with van der Waals surface area (Å²) >= 11 is 12.1. The molecule has 6 heteroatoms. The Hall–Kier alpha value is -0.840. The highest BCUT2D eigenvalue weighted by Gasteiger charge is 2.33. The Bertz CT molecular complexity index is 523. The van der Waals surface area contributed by atoms with Gasteiger partial charge in [-0.1, -0.05) is 23.2 Å². The van der Waals surface area contributed by atoms with Crippen LogP contribution in [0.3, 0.4) is 0 Å². The molecular weight excluding hydrogens is 297 g/mol. The van der Waals surface area contributed by atoms with Gasteiger partial charge in [0.15, 0.2) is 0 Å². The van der Waals surface area contributed by atoms with Crippen molar-refractivity contribution in [3.05, 3.63) is 28.0 Å². The van der Waals surface area contributed by atoms with Crippen LogP contribution in [0.25, 0.3) is 0 Å². The van der Waals surface area contributed by atoms with E-state index in [-0.39, 0.29) is 5.91 Å². The third kappa shape index (κ3) is 3.08. The Morgan fingerprint density at radius 2 is 2.20 bits per heavy atom. The average molecular weight is 314 g/mol. The van der Waals surface area contributed by atoms with E-state index in [1.165, 1.54) is 0 Å². The summed E-state index contributed by atoms with van der Waals surface area (Å²) < 4.78 is 0. The first-order valence-corrected chi connectivity index (χ1v) is 7.70. The van der Waals surface area contributed by atoms with Crippen LogP contribution in [0.2, 0.25) is 10.2 Å². The number of pyridine rings is 1. The molecular formula is C14H17Cl2N3O. The second-order valence-corrected chi connectivity index (χ2v) is 6.35. The van der Waals surface area contributed by atoms with Crippen molar-refractivity contribution in [2.75, 3.05) is 13.1 Å². The van der Waals surface area contributed by atoms with Crippen molar-refractivity contribution in [3.8, 4) is 0 Å². The first kappa shape index (κ1) is 14.1. The lowest BCUT2D eigenvalue weighted by molar-refractivity contribution is -0.125. The number of nitrogens with zero attached hydrogens (tertiary/aromatic N) is 2. The van der Waals surface area contributed by atoms with E-state index in [1.807, 2.05) is 0 Å². The SMILES string of the molecule is O=C1CCC2CN(Cc3nc(Cl)ccc3Cl)CCC2N1. The summed E-state index contributed by atoms with van der Waals surface area (Å²) in [6.45, 7) is 2.65. The van der Waals surface area contributed by atoms with E-state index in [2.05, 4.69) is 15.2 Å². The quantitative estimate of drug-likeness (QED) is 0.853. The van der Waals surface area contributed by atoms with Crippen LogP contribution in [0.4, 0.5) is 0 Å². The molecule has 20 heavy (non-hydrogen) atoms. The van der Waals surface area contributed by atoms with Crippen LogP contribution in [0, 0.1) is 5.92 Å². The average Bonchev–Trinajstić information content (AvgIpc) is 2.43. The van der Waals surface area contributed by atoms with Gasteiger partial charge in [0.05, 0.1) is 10.7 Å². The molecule has 3 heterocycles. The maximum atomic E-state index is 11.4. The Balaban J connectivity index is 1.65. The minimum absolute atomic E-state index is 0.194. The molecule has 1 aromatic rings. The molecule has 0 aromatic carbocycles. The van der Waals surface area contributed by atoms with Crippen molar-refractivity contribution in [2.45, 2.75) is 31.8 Å². The summed E-state index contributed by atoms with van der Waals surface area (Å²) in [4.78, 5) is 18.1. The first-order chi connectivity index (χ1) is 9.61. The number of fused-ring (bicyclic) bond motifs is 1. The number of halogens is 2. The molecule has 1 amide bonds. The lowest BCUT2D eigenvalue weighted by Crippen LogP contribution is -2.53. The van der Waals surface area contributed by atoms with Gasteiger partial charge >= 0.3 is 0 Å². The third-order valence-corrected chi connectivity index (χ3v) is 4.72. The standard InChI is InChI=1S/C14H17Cl2N3O/c15-10-2-3-13(16)17-12(10)8-19-6-5-11-9(7-19)1-4-14(20)18-11/h2-3,9,11H,1,4-8H2,(H,18,20). The first-order valence-electron chi connectivity index (χ1n) is 6.94. The van der Waals surface area contributed by atoms with Gasteiger partial charge in [-0.2, -0.15) is 0 Å². The number of rotatable bonds is 2. The van der Waals surface area contributed by atoms with Crippen LogP contribution >= 0.6 is 23.2 Å². The molecule has 2 atom stereocenters. The normalized spacial score (nSPS) is 27.0. The molecule has 0 bridgehead atoms. The van der Waals surface area contributed by atoms with Gasteiger partial charge < -0.3 is 5.32 Å². The minimum atomic E-state index is 0.194. The highest BCUT2D eigenvalue weighted by Crippen LogP contribution is 2.27. The summed E-state index contributed by atoms with van der Waals surface area (Å²) in [6.07, 6.45) is 2.61. The minimum Gasteiger partial charge on any atom is -0.353 e. The molecule has 4 nitrogen and oxygen atoms in total. The molecule has 1 N–H and O–H groups in total. The zero-order valence-electron chi connectivity index (χ0n) is 11.1. The molecule has 0 aliphatic carbocycles. The number of likely N-dealkylation sites (tertiary alicyclic amines) is 1. The van der Waals surface area contributed by atoms with E-state index in [0.717, 1.165) is 38.2 Å². The maximum Gasteiger partial charge on any atom is 0.220 e. The summed E-state index contributed by atoms with van der Waals surface area (Å²) in [5, 5.41) is 4.23. The number of hydrogen-bond donors (Lipinski definition) is 1. The fourth-order valence-corrected chi connectivity index (χ4v) is 3.44. The smallest absolute Gasteiger partial charge is 0.220 e. The number of carbonyl (C=O) groups excluding carboxylic acids is 1. The van der Waals surface area contributed by atoms with Crippen molar-refractivity contribution >= 4 is 29.1 Å². The Kier molecular flexibility index (Phi) is 4.15.